The highest BCUT2D eigenvalue weighted by atomic mass is 35.5. The lowest BCUT2D eigenvalue weighted by Gasteiger charge is -2.22. The van der Waals surface area contributed by atoms with E-state index in [1.807, 2.05) is 0 Å². The number of carbonyl (C=O) groups is 2. The van der Waals surface area contributed by atoms with Crippen LogP contribution in [0.4, 0.5) is 16.2 Å². The average Bonchev–Trinajstić information content (AvgIpc) is 3.16. The Hall–Kier alpha value is -3.92. The van der Waals surface area contributed by atoms with Gasteiger partial charge in [0.2, 0.25) is 0 Å². The number of amides is 3. The van der Waals surface area contributed by atoms with Crippen molar-refractivity contribution in [1.82, 2.24) is 19.6 Å². The Balaban J connectivity index is 1.37. The van der Waals surface area contributed by atoms with Crippen LogP contribution in [0.25, 0.3) is 5.69 Å². The number of halogens is 1. The van der Waals surface area contributed by atoms with E-state index in [2.05, 4.69) is 10.4 Å². The number of nitrogens with one attached hydrogen (secondary N) is 1. The predicted octanol–water partition coefficient (Wildman–Crippen LogP) is 3.81. The first kappa shape index (κ1) is 22.3. The third kappa shape index (κ3) is 5.29. The van der Waals surface area contributed by atoms with Crippen LogP contribution in [-0.2, 0) is 0 Å². The summed E-state index contributed by atoms with van der Waals surface area (Å²) in [5.74, 6) is -0.229. The number of nitro groups is 1. The van der Waals surface area contributed by atoms with Gasteiger partial charge in [-0.1, -0.05) is 17.7 Å². The van der Waals surface area contributed by atoms with Crippen LogP contribution < -0.4 is 5.32 Å². The van der Waals surface area contributed by atoms with Crippen molar-refractivity contribution in [3.8, 4) is 5.69 Å². The van der Waals surface area contributed by atoms with E-state index in [1.165, 1.54) is 16.8 Å². The molecule has 2 heterocycles. The number of rotatable bonds is 4. The average molecular weight is 469 g/mol. The predicted molar refractivity (Wildman–Crippen MR) is 123 cm³/mol. The molecule has 0 atom stereocenters. The maximum Gasteiger partial charge on any atom is 0.321 e. The van der Waals surface area contributed by atoms with Crippen molar-refractivity contribution in [2.45, 2.75) is 6.42 Å². The van der Waals surface area contributed by atoms with Crippen LogP contribution in [0.2, 0.25) is 5.02 Å². The second-order valence-electron chi connectivity index (χ2n) is 7.49. The molecule has 3 aromatic rings. The summed E-state index contributed by atoms with van der Waals surface area (Å²) in [5, 5.41) is 18.5. The molecule has 10 nitrogen and oxygen atoms in total. The van der Waals surface area contributed by atoms with E-state index in [0.29, 0.717) is 49.0 Å². The van der Waals surface area contributed by atoms with Crippen LogP contribution in [-0.4, -0.2) is 62.6 Å². The molecule has 1 aliphatic heterocycles. The lowest BCUT2D eigenvalue weighted by atomic mass is 10.3. The van der Waals surface area contributed by atoms with Crippen LogP contribution in [0.1, 0.15) is 16.9 Å². The normalized spacial score (nSPS) is 14.0. The van der Waals surface area contributed by atoms with Gasteiger partial charge in [0.05, 0.1) is 10.6 Å². The monoisotopic (exact) mass is 468 g/mol. The number of hydrogen-bond acceptors (Lipinski definition) is 5. The third-order valence-electron chi connectivity index (χ3n) is 5.28. The molecule has 170 valence electrons. The van der Waals surface area contributed by atoms with Crippen molar-refractivity contribution >= 4 is 34.9 Å². The van der Waals surface area contributed by atoms with Gasteiger partial charge in [0, 0.05) is 55.2 Å². The van der Waals surface area contributed by atoms with Gasteiger partial charge in [-0.15, -0.1) is 0 Å². The van der Waals surface area contributed by atoms with Gasteiger partial charge in [0.15, 0.2) is 5.69 Å². The number of anilines is 1. The van der Waals surface area contributed by atoms with Gasteiger partial charge < -0.3 is 15.1 Å². The molecule has 0 aliphatic carbocycles. The first-order chi connectivity index (χ1) is 15.9. The number of aromatic nitrogens is 2. The molecule has 11 heteroatoms. The van der Waals surface area contributed by atoms with Crippen molar-refractivity contribution in [2.75, 3.05) is 31.5 Å². The summed E-state index contributed by atoms with van der Waals surface area (Å²) in [4.78, 5) is 39.3. The fourth-order valence-corrected chi connectivity index (χ4v) is 3.75. The highest BCUT2D eigenvalue weighted by Crippen LogP contribution is 2.17. The van der Waals surface area contributed by atoms with Crippen LogP contribution in [0, 0.1) is 10.1 Å². The summed E-state index contributed by atoms with van der Waals surface area (Å²) < 4.78 is 1.50. The Morgan fingerprint density at radius 2 is 1.73 bits per heavy atom. The van der Waals surface area contributed by atoms with Crippen LogP contribution in [0.5, 0.6) is 0 Å². The number of nitrogens with zero attached hydrogens (tertiary/aromatic N) is 5. The molecule has 4 rings (SSSR count). The van der Waals surface area contributed by atoms with Gasteiger partial charge >= 0.3 is 6.03 Å². The fraction of sp³-hybridized carbons (Fsp3) is 0.227. The van der Waals surface area contributed by atoms with Crippen molar-refractivity contribution in [3.05, 3.63) is 81.6 Å². The minimum absolute atomic E-state index is 0.0178. The Bertz CT molecular complexity index is 1180. The molecule has 0 unspecified atom stereocenters. The zero-order valence-electron chi connectivity index (χ0n) is 17.6. The van der Waals surface area contributed by atoms with Crippen LogP contribution >= 0.6 is 11.6 Å². The molecule has 0 bridgehead atoms. The van der Waals surface area contributed by atoms with E-state index in [-0.39, 0.29) is 23.3 Å². The van der Waals surface area contributed by atoms with Crippen molar-refractivity contribution in [2.24, 2.45) is 0 Å². The summed E-state index contributed by atoms with van der Waals surface area (Å²) in [6, 6.07) is 14.2. The molecular weight excluding hydrogens is 448 g/mol. The van der Waals surface area contributed by atoms with E-state index in [4.69, 9.17) is 11.6 Å². The largest absolute Gasteiger partial charge is 0.335 e. The van der Waals surface area contributed by atoms with Crippen molar-refractivity contribution in [3.63, 3.8) is 0 Å². The van der Waals surface area contributed by atoms with Crippen LogP contribution in [0.15, 0.2) is 60.8 Å². The number of carbonyl (C=O) groups excluding carboxylic acids is 2. The van der Waals surface area contributed by atoms with E-state index >= 15 is 0 Å². The molecular formula is C22H21ClN6O4. The lowest BCUT2D eigenvalue weighted by Crippen LogP contribution is -2.39. The molecule has 1 aromatic heterocycles. The first-order valence-electron chi connectivity index (χ1n) is 10.3. The standard InChI is InChI=1S/C22H21ClN6O4/c23-16-3-1-4-17(15-16)24-22(31)27-11-2-10-26(13-14-27)21(30)20-9-12-28(25-20)18-5-7-19(8-6-18)29(32)33/h1,3-9,12,15H,2,10-11,13-14H2,(H,24,31). The van der Waals surface area contributed by atoms with Gasteiger partial charge in [-0.05, 0) is 42.8 Å². The van der Waals surface area contributed by atoms with Crippen LogP contribution in [0.3, 0.4) is 0 Å². The van der Waals surface area contributed by atoms with Gasteiger partial charge in [-0.25, -0.2) is 9.48 Å². The van der Waals surface area contributed by atoms with E-state index < -0.39 is 4.92 Å². The highest BCUT2D eigenvalue weighted by molar-refractivity contribution is 6.30. The minimum atomic E-state index is -0.473. The van der Waals surface area contributed by atoms with Gasteiger partial charge in [-0.3, -0.25) is 14.9 Å². The van der Waals surface area contributed by atoms with E-state index in [1.54, 1.807) is 58.5 Å². The van der Waals surface area contributed by atoms with E-state index in [9.17, 15) is 19.7 Å². The number of non-ortho nitro benzene ring substituents is 1. The summed E-state index contributed by atoms with van der Waals surface area (Å²) in [7, 11) is 0. The Kier molecular flexibility index (Phi) is 6.55. The quantitative estimate of drug-likeness (QED) is 0.462. The lowest BCUT2D eigenvalue weighted by molar-refractivity contribution is -0.384. The minimum Gasteiger partial charge on any atom is -0.335 e. The third-order valence-corrected chi connectivity index (χ3v) is 5.51. The summed E-state index contributed by atoms with van der Waals surface area (Å²) in [5.41, 5.74) is 1.47. The summed E-state index contributed by atoms with van der Waals surface area (Å²) >= 11 is 5.97. The second kappa shape index (κ2) is 9.70. The number of benzene rings is 2. The first-order valence-corrected chi connectivity index (χ1v) is 10.7. The van der Waals surface area contributed by atoms with Gasteiger partial charge in [0.25, 0.3) is 11.6 Å². The molecule has 0 saturated carbocycles. The molecule has 3 amide bonds. The Morgan fingerprint density at radius 1 is 1.00 bits per heavy atom. The fourth-order valence-electron chi connectivity index (χ4n) is 3.56. The number of nitro benzene ring substituents is 1. The number of urea groups is 1. The molecule has 1 aliphatic rings. The Morgan fingerprint density at radius 3 is 2.45 bits per heavy atom. The van der Waals surface area contributed by atoms with Gasteiger partial charge in [-0.2, -0.15) is 5.10 Å². The molecule has 33 heavy (non-hydrogen) atoms. The maximum atomic E-state index is 13.0. The Labute approximate surface area is 194 Å². The topological polar surface area (TPSA) is 114 Å². The smallest absolute Gasteiger partial charge is 0.321 e. The van der Waals surface area contributed by atoms with E-state index in [0.717, 1.165) is 0 Å². The molecule has 0 radical (unpaired) electrons. The summed E-state index contributed by atoms with van der Waals surface area (Å²) in [6.45, 7) is 1.80. The summed E-state index contributed by atoms with van der Waals surface area (Å²) in [6.07, 6.45) is 2.27. The molecule has 0 spiro atoms. The molecule has 2 aromatic carbocycles. The highest BCUT2D eigenvalue weighted by Gasteiger charge is 2.24. The maximum absolute atomic E-state index is 13.0. The van der Waals surface area contributed by atoms with Crippen molar-refractivity contribution in [1.29, 1.82) is 0 Å². The molecule has 1 N–H and O–H groups in total. The zero-order chi connectivity index (χ0) is 23.4. The SMILES string of the molecule is O=C(Nc1cccc(Cl)c1)N1CCCN(C(=O)c2ccn(-c3ccc([N+](=O)[O-])cc3)n2)CC1. The number of hydrogen-bond donors (Lipinski definition) is 1. The van der Waals surface area contributed by atoms with Gasteiger partial charge in [0.1, 0.15) is 0 Å². The second-order valence-corrected chi connectivity index (χ2v) is 7.93. The molecule has 1 saturated heterocycles. The van der Waals surface area contributed by atoms with Crippen molar-refractivity contribution < 1.29 is 14.5 Å². The molecule has 1 fully saturated rings. The zero-order valence-corrected chi connectivity index (χ0v) is 18.3.